The summed E-state index contributed by atoms with van der Waals surface area (Å²) >= 11 is 0. The lowest BCUT2D eigenvalue weighted by atomic mass is 10.1. The van der Waals surface area contributed by atoms with Crippen molar-refractivity contribution >= 4 is 57.5 Å². The van der Waals surface area contributed by atoms with Crippen LogP contribution < -0.4 is 32.4 Å². The summed E-state index contributed by atoms with van der Waals surface area (Å²) in [6.07, 6.45) is 1.45. The van der Waals surface area contributed by atoms with Crippen molar-refractivity contribution in [2.24, 2.45) is 10.2 Å². The number of ketones is 1. The van der Waals surface area contributed by atoms with Crippen LogP contribution in [0.5, 0.6) is 0 Å². The van der Waals surface area contributed by atoms with Crippen LogP contribution in [0.1, 0.15) is 71.6 Å². The molecule has 1 aromatic heterocycles. The van der Waals surface area contributed by atoms with Crippen molar-refractivity contribution in [1.29, 1.82) is 0 Å². The number of hydrogen-bond donors (Lipinski definition) is 7. The summed E-state index contributed by atoms with van der Waals surface area (Å²) in [6, 6.07) is 13.8. The van der Waals surface area contributed by atoms with E-state index in [4.69, 9.17) is 0 Å². The summed E-state index contributed by atoms with van der Waals surface area (Å²) in [4.78, 5) is 84.1. The number of benzene rings is 3. The van der Waals surface area contributed by atoms with E-state index in [-0.39, 0.29) is 39.9 Å². The first-order chi connectivity index (χ1) is 26.9. The number of imidazole rings is 1. The van der Waals surface area contributed by atoms with Gasteiger partial charge in [0.2, 0.25) is 6.04 Å². The number of nitrogens with zero attached hydrogens (tertiary/aromatic N) is 4. The molecule has 4 rings (SSSR count). The number of aromatic amines is 2. The van der Waals surface area contributed by atoms with E-state index in [1.807, 2.05) is 19.0 Å². The molecule has 0 fully saturated rings. The number of fused-ring (bicyclic) bond motifs is 1. The monoisotopic (exact) mass is 769 g/mol. The highest BCUT2D eigenvalue weighted by molar-refractivity contribution is 6.10. The van der Waals surface area contributed by atoms with Gasteiger partial charge in [-0.1, -0.05) is 20.8 Å². The zero-order valence-electron chi connectivity index (χ0n) is 32.5. The third-order valence-corrected chi connectivity index (χ3v) is 8.97. The fourth-order valence-electron chi connectivity index (χ4n) is 5.76. The summed E-state index contributed by atoms with van der Waals surface area (Å²) in [6.45, 7) is 12.5. The van der Waals surface area contributed by atoms with E-state index in [9.17, 15) is 28.8 Å². The van der Waals surface area contributed by atoms with Crippen LogP contribution in [0.25, 0.3) is 11.0 Å². The van der Waals surface area contributed by atoms with Gasteiger partial charge >= 0.3 is 5.69 Å². The Labute approximate surface area is 325 Å². The average molecular weight is 770 g/mol. The van der Waals surface area contributed by atoms with Crippen LogP contribution in [0, 0.1) is 0 Å². The molecule has 3 aromatic carbocycles. The number of azo groups is 1. The Balaban J connectivity index is 1.44. The smallest absolute Gasteiger partial charge is 0.323 e. The van der Waals surface area contributed by atoms with Crippen LogP contribution in [0.4, 0.5) is 17.1 Å². The fourth-order valence-corrected chi connectivity index (χ4v) is 5.76. The molecule has 0 radical (unpaired) electrons. The quantitative estimate of drug-likeness (QED) is 0.0283. The summed E-state index contributed by atoms with van der Waals surface area (Å²) in [7, 11) is 1.84. The lowest BCUT2D eigenvalue weighted by Gasteiger charge is -2.18. The normalized spacial score (nSPS) is 11.9. The second-order valence-corrected chi connectivity index (χ2v) is 12.9. The number of nitrogens with one attached hydrogen (secondary N) is 7. The maximum Gasteiger partial charge on any atom is 0.323 e. The number of hydrogen-bond acceptors (Lipinski definition) is 11. The van der Waals surface area contributed by atoms with Gasteiger partial charge in [0.05, 0.1) is 16.7 Å². The molecule has 298 valence electrons. The van der Waals surface area contributed by atoms with Gasteiger partial charge in [-0.25, -0.2) is 9.80 Å². The molecule has 17 heteroatoms. The van der Waals surface area contributed by atoms with Crippen molar-refractivity contribution in [1.82, 2.24) is 35.9 Å². The minimum Gasteiger partial charge on any atom is -0.352 e. The Bertz CT molecular complexity index is 2020. The van der Waals surface area contributed by atoms with Gasteiger partial charge in [0.1, 0.15) is 0 Å². The van der Waals surface area contributed by atoms with E-state index in [1.165, 1.54) is 49.4 Å². The maximum absolute atomic E-state index is 13.4. The van der Waals surface area contributed by atoms with Crippen molar-refractivity contribution in [2.45, 2.75) is 46.6 Å². The van der Waals surface area contributed by atoms with Gasteiger partial charge in [0.15, 0.2) is 5.78 Å². The number of aromatic nitrogens is 2. The van der Waals surface area contributed by atoms with Gasteiger partial charge in [0.25, 0.3) is 23.6 Å². The van der Waals surface area contributed by atoms with Crippen LogP contribution >= 0.6 is 0 Å². The highest BCUT2D eigenvalue weighted by atomic mass is 16.2. The molecular formula is C39H51N11O6. The molecule has 4 amide bonds. The summed E-state index contributed by atoms with van der Waals surface area (Å²) in [5, 5.41) is 21.2. The second kappa shape index (κ2) is 21.2. The number of carbonyl (C=O) groups excluding carboxylic acids is 5. The molecule has 17 nitrogen and oxygen atoms in total. The Kier molecular flexibility index (Phi) is 16.1. The minimum absolute atomic E-state index is 0.219. The van der Waals surface area contributed by atoms with Crippen molar-refractivity contribution in [2.75, 3.05) is 63.5 Å². The number of rotatable bonds is 21. The van der Waals surface area contributed by atoms with E-state index < -0.39 is 29.3 Å². The third kappa shape index (κ3) is 12.5. The molecule has 4 aromatic rings. The van der Waals surface area contributed by atoms with Crippen LogP contribution in [0.15, 0.2) is 75.7 Å². The number of H-pyrrole nitrogens is 2. The van der Waals surface area contributed by atoms with Crippen molar-refractivity contribution < 1.29 is 24.0 Å². The van der Waals surface area contributed by atoms with Gasteiger partial charge in [-0.05, 0) is 107 Å². The van der Waals surface area contributed by atoms with Gasteiger partial charge in [-0.3, -0.25) is 29.4 Å². The SMILES string of the molecule is CCN(CC)CCCNC(=O)c1cc(NC(=O)c2ccc(/N=N/C(C(C)=O)C(=O)Nc3ccc4[nH]c(=O)[nH]c4c3)cc2)cc(C(=O)NCCCN(CC)NC)c1. The van der Waals surface area contributed by atoms with Gasteiger partial charge in [0, 0.05) is 54.2 Å². The average Bonchev–Trinajstić information content (AvgIpc) is 3.57. The van der Waals surface area contributed by atoms with Gasteiger partial charge in [-0.15, -0.1) is 0 Å². The molecule has 0 saturated carbocycles. The van der Waals surface area contributed by atoms with Gasteiger partial charge < -0.3 is 36.1 Å². The Morgan fingerprint density at radius 1 is 0.696 bits per heavy atom. The number of amides is 4. The second-order valence-electron chi connectivity index (χ2n) is 12.9. The van der Waals surface area contributed by atoms with E-state index in [1.54, 1.807) is 18.2 Å². The molecule has 0 aliphatic carbocycles. The van der Waals surface area contributed by atoms with E-state index in [0.717, 1.165) is 39.1 Å². The molecule has 0 saturated heterocycles. The number of Topliss-reactive ketones (excluding diaryl/α,β-unsaturated/α-hetero) is 1. The van der Waals surface area contributed by atoms with E-state index in [2.05, 4.69) is 65.6 Å². The van der Waals surface area contributed by atoms with Crippen molar-refractivity contribution in [3.8, 4) is 0 Å². The maximum atomic E-state index is 13.4. The molecule has 0 aliphatic heterocycles. The minimum atomic E-state index is -1.45. The van der Waals surface area contributed by atoms with Crippen LogP contribution in [0.2, 0.25) is 0 Å². The lowest BCUT2D eigenvalue weighted by Crippen LogP contribution is -2.37. The molecule has 0 bridgehead atoms. The van der Waals surface area contributed by atoms with Crippen LogP contribution in [0.3, 0.4) is 0 Å². The Morgan fingerprint density at radius 2 is 1.32 bits per heavy atom. The zero-order chi connectivity index (χ0) is 40.6. The molecule has 0 aliphatic rings. The Hall–Kier alpha value is -6.04. The largest absolute Gasteiger partial charge is 0.352 e. The fraction of sp³-hybridized carbons (Fsp3) is 0.385. The van der Waals surface area contributed by atoms with E-state index >= 15 is 0 Å². The molecule has 1 heterocycles. The first-order valence-electron chi connectivity index (χ1n) is 18.7. The molecule has 7 N–H and O–H groups in total. The van der Waals surface area contributed by atoms with Crippen LogP contribution in [-0.2, 0) is 9.59 Å². The summed E-state index contributed by atoms with van der Waals surface area (Å²) < 4.78 is 0. The number of hydrazine groups is 1. The highest BCUT2D eigenvalue weighted by Crippen LogP contribution is 2.20. The topological polar surface area (TPSA) is 225 Å². The Morgan fingerprint density at radius 3 is 1.91 bits per heavy atom. The zero-order valence-corrected chi connectivity index (χ0v) is 32.5. The van der Waals surface area contributed by atoms with Crippen molar-refractivity contribution in [3.05, 3.63) is 87.8 Å². The molecular weight excluding hydrogens is 718 g/mol. The number of anilines is 2. The predicted molar refractivity (Wildman–Crippen MR) is 215 cm³/mol. The molecule has 1 atom stereocenters. The standard InChI is InChI=1S/C39H51N11O6/c1-6-49(7-2)19-9-17-41-35(52)27-21-28(36(53)42-18-10-20-50(8-3)40-5)23-31(22-27)44-37(54)26-11-13-29(14-12-26)47-48-34(25(4)51)38(55)43-30-15-16-32-33(24-30)46-39(56)45-32/h11-16,21-24,34,40H,6-10,17-20H2,1-5H3,(H,41,52)(H,42,53)(H,43,55)(H,44,54)(H2,45,46,56)/b48-47+. The first-order valence-corrected chi connectivity index (χ1v) is 18.7. The molecule has 56 heavy (non-hydrogen) atoms. The van der Waals surface area contributed by atoms with E-state index in [0.29, 0.717) is 36.2 Å². The number of carbonyl (C=O) groups is 5. The summed E-state index contributed by atoms with van der Waals surface area (Å²) in [5.74, 6) is -2.51. The summed E-state index contributed by atoms with van der Waals surface area (Å²) in [5.41, 5.74) is 5.30. The third-order valence-electron chi connectivity index (χ3n) is 8.97. The van der Waals surface area contributed by atoms with Crippen LogP contribution in [-0.4, -0.2) is 108 Å². The molecule has 0 spiro atoms. The highest BCUT2D eigenvalue weighted by Gasteiger charge is 2.23. The first kappa shape index (κ1) is 42.7. The predicted octanol–water partition coefficient (Wildman–Crippen LogP) is 3.83. The lowest BCUT2D eigenvalue weighted by molar-refractivity contribution is -0.126. The van der Waals surface area contributed by atoms with Gasteiger partial charge in [-0.2, -0.15) is 10.2 Å². The van der Waals surface area contributed by atoms with Crippen molar-refractivity contribution in [3.63, 3.8) is 0 Å². The molecule has 1 unspecified atom stereocenters.